The number of nitrogen functional groups attached to an aromatic ring is 1. The van der Waals surface area contributed by atoms with Crippen molar-refractivity contribution >= 4 is 11.6 Å². The zero-order valence-corrected chi connectivity index (χ0v) is 9.92. The Morgan fingerprint density at radius 1 is 1.44 bits per heavy atom. The van der Waals surface area contributed by atoms with Crippen LogP contribution in [0, 0.1) is 0 Å². The van der Waals surface area contributed by atoms with Gasteiger partial charge in [0.05, 0.1) is 23.5 Å². The Morgan fingerprint density at radius 2 is 2.28 bits per heavy atom. The average Bonchev–Trinajstić information content (AvgIpc) is 2.81. The van der Waals surface area contributed by atoms with Crippen LogP contribution in [0.15, 0.2) is 30.7 Å². The molecule has 18 heavy (non-hydrogen) atoms. The lowest BCUT2D eigenvalue weighted by Crippen LogP contribution is -2.25. The summed E-state index contributed by atoms with van der Waals surface area (Å²) < 4.78 is 1.70. The fourth-order valence-electron chi connectivity index (χ4n) is 1.54. The highest BCUT2D eigenvalue weighted by molar-refractivity contribution is 5.99. The molecule has 0 radical (unpaired) electrons. The van der Waals surface area contributed by atoms with Crippen molar-refractivity contribution in [1.82, 2.24) is 20.1 Å². The minimum Gasteiger partial charge on any atom is -0.346 e. The number of nitrogens with two attached hydrogens (primary N) is 1. The summed E-state index contributed by atoms with van der Waals surface area (Å²) in [5.41, 5.74) is 4.31. The monoisotopic (exact) mass is 246 g/mol. The first-order chi connectivity index (χ1) is 8.72. The Kier molecular flexibility index (Phi) is 3.54. The van der Waals surface area contributed by atoms with Crippen molar-refractivity contribution in [2.24, 2.45) is 12.9 Å². The lowest BCUT2D eigenvalue weighted by molar-refractivity contribution is 0.0950. The molecule has 7 nitrogen and oxygen atoms in total. The van der Waals surface area contributed by atoms with E-state index in [1.165, 1.54) is 6.20 Å². The molecule has 0 saturated heterocycles. The molecule has 0 aliphatic heterocycles. The number of nitrogens with one attached hydrogen (secondary N) is 2. The second-order valence-corrected chi connectivity index (χ2v) is 3.69. The molecule has 1 amide bonds. The summed E-state index contributed by atoms with van der Waals surface area (Å²) >= 11 is 0. The van der Waals surface area contributed by atoms with Crippen LogP contribution in [0.4, 0.5) is 5.69 Å². The Morgan fingerprint density at radius 3 is 2.94 bits per heavy atom. The number of anilines is 1. The molecular weight excluding hydrogens is 232 g/mol. The van der Waals surface area contributed by atoms with Crippen molar-refractivity contribution < 1.29 is 4.79 Å². The molecule has 0 bridgehead atoms. The Hall–Kier alpha value is -2.41. The molecule has 2 heterocycles. The molecule has 0 aromatic carbocycles. The van der Waals surface area contributed by atoms with E-state index in [0.717, 1.165) is 5.69 Å². The van der Waals surface area contributed by atoms with Crippen molar-refractivity contribution in [3.8, 4) is 0 Å². The minimum absolute atomic E-state index is 0.239. The van der Waals surface area contributed by atoms with E-state index in [1.807, 2.05) is 13.1 Å². The summed E-state index contributed by atoms with van der Waals surface area (Å²) in [6.45, 7) is 0.397. The maximum absolute atomic E-state index is 12.0. The number of hydrogen-bond acceptors (Lipinski definition) is 5. The fourth-order valence-corrected chi connectivity index (χ4v) is 1.54. The molecule has 2 aromatic rings. The third-order valence-corrected chi connectivity index (χ3v) is 2.57. The smallest absolute Gasteiger partial charge is 0.255 e. The number of aromatic nitrogens is 3. The fraction of sp³-hybridized carbons (Fsp3) is 0.182. The maximum atomic E-state index is 12.0. The Bertz CT molecular complexity index is 550. The van der Waals surface area contributed by atoms with Gasteiger partial charge in [0.2, 0.25) is 0 Å². The van der Waals surface area contributed by atoms with Crippen molar-refractivity contribution in [2.75, 3.05) is 5.43 Å². The highest BCUT2D eigenvalue weighted by Crippen LogP contribution is 2.11. The van der Waals surface area contributed by atoms with E-state index in [2.05, 4.69) is 20.8 Å². The van der Waals surface area contributed by atoms with Gasteiger partial charge in [0.15, 0.2) is 0 Å². The normalized spacial score (nSPS) is 10.1. The van der Waals surface area contributed by atoms with Crippen LogP contribution >= 0.6 is 0 Å². The summed E-state index contributed by atoms with van der Waals surface area (Å²) in [5.74, 6) is 5.09. The molecule has 94 valence electrons. The molecular formula is C11H14N6O. The Balaban J connectivity index is 2.06. The first-order valence-corrected chi connectivity index (χ1v) is 5.38. The van der Waals surface area contributed by atoms with E-state index in [1.54, 1.807) is 23.1 Å². The highest BCUT2D eigenvalue weighted by Gasteiger charge is 2.11. The topological polar surface area (TPSA) is 97.9 Å². The van der Waals surface area contributed by atoms with Gasteiger partial charge >= 0.3 is 0 Å². The van der Waals surface area contributed by atoms with Gasteiger partial charge in [-0.3, -0.25) is 20.3 Å². The largest absolute Gasteiger partial charge is 0.346 e. The van der Waals surface area contributed by atoms with Crippen LogP contribution in [0.5, 0.6) is 0 Å². The van der Waals surface area contributed by atoms with Gasteiger partial charge in [-0.1, -0.05) is 0 Å². The molecule has 0 spiro atoms. The minimum atomic E-state index is -0.239. The molecule has 0 fully saturated rings. The number of aryl methyl sites for hydroxylation is 1. The van der Waals surface area contributed by atoms with Gasteiger partial charge < -0.3 is 10.7 Å². The van der Waals surface area contributed by atoms with Crippen LogP contribution in [0.1, 0.15) is 16.1 Å². The molecule has 2 rings (SSSR count). The van der Waals surface area contributed by atoms with E-state index < -0.39 is 0 Å². The van der Waals surface area contributed by atoms with Crippen molar-refractivity contribution in [2.45, 2.75) is 6.54 Å². The maximum Gasteiger partial charge on any atom is 0.255 e. The number of hydrogen-bond donors (Lipinski definition) is 3. The second-order valence-electron chi connectivity index (χ2n) is 3.69. The molecule has 0 saturated carbocycles. The van der Waals surface area contributed by atoms with Gasteiger partial charge in [-0.2, -0.15) is 5.10 Å². The number of nitrogens with zero attached hydrogens (tertiary/aromatic N) is 3. The summed E-state index contributed by atoms with van der Waals surface area (Å²) in [6.07, 6.45) is 4.71. The number of amides is 1. The molecule has 0 unspecified atom stereocenters. The Labute approximate surface area is 104 Å². The summed E-state index contributed by atoms with van der Waals surface area (Å²) in [7, 11) is 1.82. The molecule has 0 aliphatic rings. The first kappa shape index (κ1) is 12.1. The lowest BCUT2D eigenvalue weighted by atomic mass is 10.2. The van der Waals surface area contributed by atoms with E-state index in [0.29, 0.717) is 17.8 Å². The molecule has 0 atom stereocenters. The quantitative estimate of drug-likeness (QED) is 0.522. The van der Waals surface area contributed by atoms with Gasteiger partial charge in [-0.05, 0) is 12.1 Å². The number of rotatable bonds is 4. The van der Waals surface area contributed by atoms with Crippen LogP contribution in [-0.4, -0.2) is 20.7 Å². The van der Waals surface area contributed by atoms with Gasteiger partial charge in [0.25, 0.3) is 5.91 Å². The van der Waals surface area contributed by atoms with Crippen LogP contribution in [0.2, 0.25) is 0 Å². The number of carbonyl (C=O) groups excluding carboxylic acids is 1. The van der Waals surface area contributed by atoms with Crippen LogP contribution in [0.3, 0.4) is 0 Å². The molecule has 0 aliphatic carbocycles. The average molecular weight is 246 g/mol. The van der Waals surface area contributed by atoms with Crippen LogP contribution < -0.4 is 16.6 Å². The number of pyridine rings is 1. The lowest BCUT2D eigenvalue weighted by Gasteiger charge is -2.09. The van der Waals surface area contributed by atoms with Gasteiger partial charge in [0.1, 0.15) is 0 Å². The summed E-state index contributed by atoms with van der Waals surface area (Å²) in [5, 5.41) is 6.80. The van der Waals surface area contributed by atoms with E-state index >= 15 is 0 Å². The standard InChI is InChI=1S/C11H14N6O/c1-17-8(2-5-15-17)6-14-11(18)9-7-13-4-3-10(9)16-12/h2-5,7H,6,12H2,1H3,(H,13,16)(H,14,18). The third-order valence-electron chi connectivity index (χ3n) is 2.57. The zero-order chi connectivity index (χ0) is 13.0. The van der Waals surface area contributed by atoms with E-state index in [-0.39, 0.29) is 5.91 Å². The molecule has 7 heteroatoms. The van der Waals surface area contributed by atoms with Crippen molar-refractivity contribution in [3.63, 3.8) is 0 Å². The van der Waals surface area contributed by atoms with Crippen LogP contribution in [0.25, 0.3) is 0 Å². The van der Waals surface area contributed by atoms with Crippen molar-refractivity contribution in [3.05, 3.63) is 42.0 Å². The highest BCUT2D eigenvalue weighted by atomic mass is 16.1. The SMILES string of the molecule is Cn1nccc1CNC(=O)c1cnccc1NN. The zero-order valence-electron chi connectivity index (χ0n) is 9.92. The molecule has 4 N–H and O–H groups in total. The number of hydrazine groups is 1. The predicted molar refractivity (Wildman–Crippen MR) is 66.4 cm³/mol. The first-order valence-electron chi connectivity index (χ1n) is 5.38. The number of carbonyl (C=O) groups is 1. The summed E-state index contributed by atoms with van der Waals surface area (Å²) in [4.78, 5) is 15.9. The second kappa shape index (κ2) is 5.28. The van der Waals surface area contributed by atoms with Crippen LogP contribution in [-0.2, 0) is 13.6 Å². The third kappa shape index (κ3) is 2.46. The van der Waals surface area contributed by atoms with E-state index in [4.69, 9.17) is 5.84 Å². The van der Waals surface area contributed by atoms with E-state index in [9.17, 15) is 4.79 Å². The summed E-state index contributed by atoms with van der Waals surface area (Å²) in [6, 6.07) is 3.48. The van der Waals surface area contributed by atoms with Gasteiger partial charge in [0, 0.05) is 25.6 Å². The van der Waals surface area contributed by atoms with Gasteiger partial charge in [-0.15, -0.1) is 0 Å². The van der Waals surface area contributed by atoms with Gasteiger partial charge in [-0.25, -0.2) is 0 Å². The molecule has 2 aromatic heterocycles. The predicted octanol–water partition coefficient (Wildman–Crippen LogP) is 0.0307. The van der Waals surface area contributed by atoms with Crippen molar-refractivity contribution in [1.29, 1.82) is 0 Å².